The van der Waals surface area contributed by atoms with Gasteiger partial charge in [-0.3, -0.25) is 0 Å². The molecule has 1 aromatic carbocycles. The van der Waals surface area contributed by atoms with E-state index in [1.165, 1.54) is 12.8 Å². The Bertz CT molecular complexity index is 546. The molecule has 1 saturated carbocycles. The molecule has 0 spiro atoms. The van der Waals surface area contributed by atoms with Gasteiger partial charge in [-0.15, -0.1) is 0 Å². The van der Waals surface area contributed by atoms with Gasteiger partial charge in [-0.2, -0.15) is 0 Å². The average Bonchev–Trinajstić information content (AvgIpc) is 2.68. The largest absolute Gasteiger partial charge is 0.377 e. The summed E-state index contributed by atoms with van der Waals surface area (Å²) in [6, 6.07) is 5.67. The quantitative estimate of drug-likeness (QED) is 0.646. The van der Waals surface area contributed by atoms with Crippen molar-refractivity contribution in [1.82, 2.24) is 0 Å². The number of benzene rings is 1. The van der Waals surface area contributed by atoms with Crippen LogP contribution in [0.4, 0.5) is 4.39 Å². The van der Waals surface area contributed by atoms with Crippen LogP contribution in [0, 0.1) is 17.7 Å². The van der Waals surface area contributed by atoms with E-state index in [0.29, 0.717) is 36.5 Å². The summed E-state index contributed by atoms with van der Waals surface area (Å²) in [4.78, 5) is 0. The van der Waals surface area contributed by atoms with Crippen LogP contribution in [-0.2, 0) is 20.8 Å². The van der Waals surface area contributed by atoms with Crippen molar-refractivity contribution in [3.05, 3.63) is 35.1 Å². The second-order valence-electron chi connectivity index (χ2n) is 7.79. The Morgan fingerprint density at radius 2 is 1.81 bits per heavy atom. The summed E-state index contributed by atoms with van der Waals surface area (Å²) in [6.07, 6.45) is 6.69. The van der Waals surface area contributed by atoms with Crippen LogP contribution in [0.5, 0.6) is 0 Å². The third kappa shape index (κ3) is 5.05. The van der Waals surface area contributed by atoms with Crippen LogP contribution in [0.3, 0.4) is 0 Å². The van der Waals surface area contributed by atoms with Gasteiger partial charge < -0.3 is 14.2 Å². The molecule has 0 amide bonds. The maximum absolute atomic E-state index is 14.3. The SMILES string of the molecule is CCCC1COC(C2CCC(c3ccc(COCC)c(F)c3)CC2)OC1. The molecule has 0 unspecified atom stereocenters. The first-order valence-electron chi connectivity index (χ1n) is 10.3. The lowest BCUT2D eigenvalue weighted by Crippen LogP contribution is -2.38. The van der Waals surface area contributed by atoms with Crippen molar-refractivity contribution in [2.75, 3.05) is 19.8 Å². The lowest BCUT2D eigenvalue weighted by atomic mass is 9.78. The molecular weight excluding hydrogens is 331 g/mol. The van der Waals surface area contributed by atoms with Crippen molar-refractivity contribution in [3.8, 4) is 0 Å². The fourth-order valence-electron chi connectivity index (χ4n) is 4.28. The summed E-state index contributed by atoms with van der Waals surface area (Å²) in [5, 5.41) is 0. The van der Waals surface area contributed by atoms with Crippen molar-refractivity contribution in [2.45, 2.75) is 71.2 Å². The maximum atomic E-state index is 14.3. The summed E-state index contributed by atoms with van der Waals surface area (Å²) in [7, 11) is 0. The van der Waals surface area contributed by atoms with Gasteiger partial charge in [0.15, 0.2) is 6.29 Å². The first-order chi connectivity index (χ1) is 12.7. The molecule has 146 valence electrons. The van der Waals surface area contributed by atoms with Gasteiger partial charge in [-0.05, 0) is 56.6 Å². The normalized spacial score (nSPS) is 29.7. The van der Waals surface area contributed by atoms with E-state index in [0.717, 1.165) is 44.5 Å². The summed E-state index contributed by atoms with van der Waals surface area (Å²) >= 11 is 0. The third-order valence-electron chi connectivity index (χ3n) is 5.86. The Balaban J connectivity index is 1.48. The highest BCUT2D eigenvalue weighted by atomic mass is 19.1. The first-order valence-corrected chi connectivity index (χ1v) is 10.3. The molecule has 4 heteroatoms. The molecule has 2 aliphatic rings. The molecule has 0 N–H and O–H groups in total. The molecule has 0 bridgehead atoms. The van der Waals surface area contributed by atoms with Crippen LogP contribution in [-0.4, -0.2) is 26.1 Å². The van der Waals surface area contributed by atoms with Crippen LogP contribution in [0.15, 0.2) is 18.2 Å². The molecule has 0 radical (unpaired) electrons. The van der Waals surface area contributed by atoms with Gasteiger partial charge in [0.2, 0.25) is 0 Å². The second kappa shape index (κ2) is 9.82. The first kappa shape index (κ1) is 19.8. The monoisotopic (exact) mass is 364 g/mol. The van der Waals surface area contributed by atoms with E-state index in [2.05, 4.69) is 13.0 Å². The molecule has 3 rings (SSSR count). The number of hydrogen-bond acceptors (Lipinski definition) is 3. The predicted octanol–water partition coefficient (Wildman–Crippen LogP) is 5.43. The van der Waals surface area contributed by atoms with E-state index in [4.69, 9.17) is 14.2 Å². The zero-order valence-electron chi connectivity index (χ0n) is 16.2. The number of ether oxygens (including phenoxy) is 3. The summed E-state index contributed by atoms with van der Waals surface area (Å²) in [5.41, 5.74) is 1.77. The molecule has 0 aromatic heterocycles. The molecule has 1 aliphatic carbocycles. The lowest BCUT2D eigenvalue weighted by Gasteiger charge is -2.37. The molecule has 1 heterocycles. The molecule has 1 aromatic rings. The minimum Gasteiger partial charge on any atom is -0.377 e. The molecule has 0 atom stereocenters. The number of halogens is 1. The van der Waals surface area contributed by atoms with Gasteiger partial charge >= 0.3 is 0 Å². The fourth-order valence-corrected chi connectivity index (χ4v) is 4.28. The van der Waals surface area contributed by atoms with E-state index in [1.54, 1.807) is 6.07 Å². The minimum atomic E-state index is -0.140. The highest BCUT2D eigenvalue weighted by Crippen LogP contribution is 2.39. The molecule has 2 fully saturated rings. The van der Waals surface area contributed by atoms with Crippen molar-refractivity contribution >= 4 is 0 Å². The van der Waals surface area contributed by atoms with Crippen LogP contribution >= 0.6 is 0 Å². The Kier molecular flexibility index (Phi) is 7.47. The van der Waals surface area contributed by atoms with Crippen molar-refractivity contribution in [2.24, 2.45) is 11.8 Å². The standard InChI is InChI=1S/C22H33FO3/c1-3-5-16-13-25-22(26-14-16)18-8-6-17(7-9-18)19-10-11-20(15-24-4-2)21(23)12-19/h10-12,16-18,22H,3-9,13-15H2,1-2H3. The van der Waals surface area contributed by atoms with Gasteiger partial charge in [0.25, 0.3) is 0 Å². The molecule has 26 heavy (non-hydrogen) atoms. The molecule has 1 aliphatic heterocycles. The van der Waals surface area contributed by atoms with Crippen LogP contribution in [0.2, 0.25) is 0 Å². The van der Waals surface area contributed by atoms with E-state index in [-0.39, 0.29) is 12.1 Å². The topological polar surface area (TPSA) is 27.7 Å². The Morgan fingerprint density at radius 1 is 1.08 bits per heavy atom. The van der Waals surface area contributed by atoms with Gasteiger partial charge in [0.05, 0.1) is 19.8 Å². The fraction of sp³-hybridized carbons (Fsp3) is 0.727. The minimum absolute atomic E-state index is 0.0330. The summed E-state index contributed by atoms with van der Waals surface area (Å²) in [6.45, 7) is 6.77. The molecule has 1 saturated heterocycles. The van der Waals surface area contributed by atoms with Crippen molar-refractivity contribution in [1.29, 1.82) is 0 Å². The maximum Gasteiger partial charge on any atom is 0.160 e. The van der Waals surface area contributed by atoms with Gasteiger partial charge in [0, 0.05) is 24.0 Å². The third-order valence-corrected chi connectivity index (χ3v) is 5.86. The van der Waals surface area contributed by atoms with E-state index >= 15 is 0 Å². The Labute approximate surface area is 157 Å². The highest BCUT2D eigenvalue weighted by Gasteiger charge is 2.32. The van der Waals surface area contributed by atoms with E-state index < -0.39 is 0 Å². The van der Waals surface area contributed by atoms with Crippen LogP contribution in [0.1, 0.15) is 69.4 Å². The molecule has 3 nitrogen and oxygen atoms in total. The Morgan fingerprint density at radius 3 is 2.42 bits per heavy atom. The van der Waals surface area contributed by atoms with Crippen molar-refractivity contribution in [3.63, 3.8) is 0 Å². The predicted molar refractivity (Wildman–Crippen MR) is 101 cm³/mol. The van der Waals surface area contributed by atoms with Crippen LogP contribution in [0.25, 0.3) is 0 Å². The number of hydrogen-bond donors (Lipinski definition) is 0. The van der Waals surface area contributed by atoms with Gasteiger partial charge in [-0.1, -0.05) is 25.5 Å². The highest BCUT2D eigenvalue weighted by molar-refractivity contribution is 5.27. The van der Waals surface area contributed by atoms with Crippen molar-refractivity contribution < 1.29 is 18.6 Å². The zero-order valence-corrected chi connectivity index (χ0v) is 16.2. The molecular formula is C22H33FO3. The van der Waals surface area contributed by atoms with E-state index in [1.807, 2.05) is 13.0 Å². The lowest BCUT2D eigenvalue weighted by molar-refractivity contribution is -0.229. The van der Waals surface area contributed by atoms with Gasteiger partial charge in [0.1, 0.15) is 5.82 Å². The van der Waals surface area contributed by atoms with Gasteiger partial charge in [-0.25, -0.2) is 4.39 Å². The number of rotatable bonds is 7. The smallest absolute Gasteiger partial charge is 0.160 e. The summed E-state index contributed by atoms with van der Waals surface area (Å²) < 4.78 is 31.6. The second-order valence-corrected chi connectivity index (χ2v) is 7.79. The Hall–Kier alpha value is -0.970. The average molecular weight is 365 g/mol. The zero-order chi connectivity index (χ0) is 18.4. The van der Waals surface area contributed by atoms with Crippen LogP contribution < -0.4 is 0 Å². The summed E-state index contributed by atoms with van der Waals surface area (Å²) in [5.74, 6) is 1.35. The van der Waals surface area contributed by atoms with E-state index in [9.17, 15) is 4.39 Å².